The number of nitrogens with two attached hydrogens (primary N) is 2. The van der Waals surface area contributed by atoms with Gasteiger partial charge in [-0.1, -0.05) is 29.4 Å². The van der Waals surface area contributed by atoms with Crippen molar-refractivity contribution in [3.05, 3.63) is 50.7 Å². The number of hydrogen-bond acceptors (Lipinski definition) is 8. The molecule has 0 spiro atoms. The van der Waals surface area contributed by atoms with Gasteiger partial charge in [-0.25, -0.2) is 0 Å². The predicted molar refractivity (Wildman–Crippen MR) is 79.9 cm³/mol. The van der Waals surface area contributed by atoms with Crippen LogP contribution in [0.2, 0.25) is 0 Å². The maximum absolute atomic E-state index is 10.7. The van der Waals surface area contributed by atoms with Crippen molar-refractivity contribution >= 4 is 17.5 Å². The van der Waals surface area contributed by atoms with Gasteiger partial charge in [-0.15, -0.1) is 4.91 Å². The van der Waals surface area contributed by atoms with Crippen molar-refractivity contribution in [2.24, 2.45) is 10.3 Å². The summed E-state index contributed by atoms with van der Waals surface area (Å²) in [6.07, 6.45) is 0. The summed E-state index contributed by atoms with van der Waals surface area (Å²) in [5.74, 6) is -0.315. The Labute approximate surface area is 124 Å². The topological polar surface area (TPSA) is 165 Å². The lowest BCUT2D eigenvalue weighted by Crippen LogP contribution is -2.04. The Hall–Kier alpha value is -3.39. The minimum absolute atomic E-state index is 0.0712. The van der Waals surface area contributed by atoms with Gasteiger partial charge in [0.15, 0.2) is 5.82 Å². The molecule has 0 bridgehead atoms. The summed E-state index contributed by atoms with van der Waals surface area (Å²) >= 11 is 0. The van der Waals surface area contributed by atoms with Gasteiger partial charge in [0.2, 0.25) is 11.6 Å². The van der Waals surface area contributed by atoms with Crippen LogP contribution >= 0.6 is 0 Å². The predicted octanol–water partition coefficient (Wildman–Crippen LogP) is 2.43. The summed E-state index contributed by atoms with van der Waals surface area (Å²) < 4.78 is 5.41. The van der Waals surface area contributed by atoms with Crippen LogP contribution in [0.1, 0.15) is 11.1 Å². The van der Waals surface area contributed by atoms with Crippen LogP contribution in [0.5, 0.6) is 5.88 Å². The number of anilines is 2. The first-order valence-electron chi connectivity index (χ1n) is 6.12. The monoisotopic (exact) mass is 300 g/mol. The molecule has 10 heteroatoms. The van der Waals surface area contributed by atoms with Crippen LogP contribution in [0.3, 0.4) is 0 Å². The van der Waals surface area contributed by atoms with Gasteiger partial charge in [0.25, 0.3) is 5.88 Å². The Bertz CT molecular complexity index is 725. The summed E-state index contributed by atoms with van der Waals surface area (Å²) in [6.45, 7) is 0.413. The molecule has 2 rings (SSSR count). The number of aromatic nitrogens is 2. The molecular formula is C12H12N8O2. The highest BCUT2D eigenvalue weighted by molar-refractivity contribution is 5.65. The van der Waals surface area contributed by atoms with Crippen molar-refractivity contribution in [1.29, 1.82) is 0 Å². The molecule has 1 heterocycles. The highest BCUT2D eigenvalue weighted by Gasteiger charge is 2.13. The molecule has 1 aromatic heterocycles. The molecule has 112 valence electrons. The van der Waals surface area contributed by atoms with E-state index < -0.39 is 0 Å². The molecule has 0 aliphatic carbocycles. The van der Waals surface area contributed by atoms with Crippen LogP contribution in [0.4, 0.5) is 17.5 Å². The number of benzene rings is 1. The molecule has 0 fully saturated rings. The van der Waals surface area contributed by atoms with Gasteiger partial charge in [-0.3, -0.25) is 0 Å². The average molecular weight is 300 g/mol. The molecule has 0 atom stereocenters. The Morgan fingerprint density at radius 3 is 2.50 bits per heavy atom. The molecule has 22 heavy (non-hydrogen) atoms. The van der Waals surface area contributed by atoms with E-state index in [-0.39, 0.29) is 36.5 Å². The van der Waals surface area contributed by atoms with Crippen LogP contribution in [-0.4, -0.2) is 9.97 Å². The van der Waals surface area contributed by atoms with Crippen LogP contribution in [0, 0.1) is 4.91 Å². The molecule has 0 aliphatic heterocycles. The van der Waals surface area contributed by atoms with Gasteiger partial charge in [-0.05, 0) is 21.8 Å². The zero-order valence-electron chi connectivity index (χ0n) is 11.4. The summed E-state index contributed by atoms with van der Waals surface area (Å²) in [6, 6.07) is 7.19. The van der Waals surface area contributed by atoms with E-state index in [0.29, 0.717) is 0 Å². The Morgan fingerprint density at radius 1 is 1.18 bits per heavy atom. The molecule has 0 saturated heterocycles. The van der Waals surface area contributed by atoms with Crippen molar-refractivity contribution in [3.63, 3.8) is 0 Å². The standard InChI is InChI=1S/C12H12N8O2/c13-10-9(19-21)11(18-12(14)17-10)22-6-8-3-1-7(2-4-8)5-16-20-15/h1-4H,5-6H2,(H4,13,14,17,18). The lowest BCUT2D eigenvalue weighted by molar-refractivity contribution is 0.295. The number of ether oxygens (including phenoxy) is 1. The van der Waals surface area contributed by atoms with E-state index in [1.165, 1.54) is 0 Å². The van der Waals surface area contributed by atoms with Crippen molar-refractivity contribution < 1.29 is 4.74 Å². The van der Waals surface area contributed by atoms with Crippen molar-refractivity contribution in [2.45, 2.75) is 13.2 Å². The summed E-state index contributed by atoms with van der Waals surface area (Å²) in [5, 5.41) is 6.21. The molecule has 0 saturated carbocycles. The first-order valence-corrected chi connectivity index (χ1v) is 6.12. The Kier molecular flexibility index (Phi) is 4.68. The lowest BCUT2D eigenvalue weighted by Gasteiger charge is -2.08. The van der Waals surface area contributed by atoms with Crippen molar-refractivity contribution in [1.82, 2.24) is 9.97 Å². The van der Waals surface area contributed by atoms with E-state index in [1.807, 2.05) is 0 Å². The van der Waals surface area contributed by atoms with Crippen LogP contribution in [0.25, 0.3) is 10.4 Å². The number of nitroso groups, excluding NO2 is 1. The van der Waals surface area contributed by atoms with Crippen molar-refractivity contribution in [3.8, 4) is 5.88 Å². The number of rotatable bonds is 6. The fourth-order valence-corrected chi connectivity index (χ4v) is 1.66. The van der Waals surface area contributed by atoms with Gasteiger partial charge in [-0.2, -0.15) is 9.97 Å². The SMILES string of the molecule is [N-]=[N+]=NCc1ccc(COc2nc(N)nc(N)c2N=O)cc1. The molecule has 0 unspecified atom stereocenters. The molecule has 4 N–H and O–H groups in total. The maximum Gasteiger partial charge on any atom is 0.251 e. The number of nitrogens with zero attached hydrogens (tertiary/aromatic N) is 6. The van der Waals surface area contributed by atoms with Crippen LogP contribution < -0.4 is 16.2 Å². The smallest absolute Gasteiger partial charge is 0.251 e. The number of azide groups is 1. The van der Waals surface area contributed by atoms with Gasteiger partial charge in [0, 0.05) is 4.91 Å². The van der Waals surface area contributed by atoms with Gasteiger partial charge in [0.05, 0.1) is 6.54 Å². The second kappa shape index (κ2) is 6.86. The minimum Gasteiger partial charge on any atom is -0.471 e. The highest BCUT2D eigenvalue weighted by Crippen LogP contribution is 2.31. The Balaban J connectivity index is 2.10. The van der Waals surface area contributed by atoms with Gasteiger partial charge >= 0.3 is 0 Å². The van der Waals surface area contributed by atoms with Crippen molar-refractivity contribution in [2.75, 3.05) is 11.5 Å². The Morgan fingerprint density at radius 2 is 1.86 bits per heavy atom. The zero-order valence-corrected chi connectivity index (χ0v) is 11.4. The fraction of sp³-hybridized carbons (Fsp3) is 0.167. The first kappa shape index (κ1) is 15.0. The largest absolute Gasteiger partial charge is 0.471 e. The van der Waals surface area contributed by atoms with Crippen LogP contribution in [0.15, 0.2) is 34.6 Å². The summed E-state index contributed by atoms with van der Waals surface area (Å²) in [7, 11) is 0. The summed E-state index contributed by atoms with van der Waals surface area (Å²) in [4.78, 5) is 20.9. The maximum atomic E-state index is 10.7. The van der Waals surface area contributed by atoms with Crippen LogP contribution in [-0.2, 0) is 13.2 Å². The van der Waals surface area contributed by atoms with E-state index >= 15 is 0 Å². The summed E-state index contributed by atoms with van der Waals surface area (Å²) in [5.41, 5.74) is 20.7. The molecule has 0 amide bonds. The molecule has 0 aliphatic rings. The molecular weight excluding hydrogens is 288 g/mol. The molecule has 0 radical (unpaired) electrons. The molecule has 10 nitrogen and oxygen atoms in total. The van der Waals surface area contributed by atoms with Gasteiger partial charge in [0.1, 0.15) is 6.61 Å². The quantitative estimate of drug-likeness (QED) is 0.359. The van der Waals surface area contributed by atoms with E-state index in [2.05, 4.69) is 25.2 Å². The lowest BCUT2D eigenvalue weighted by atomic mass is 10.1. The molecule has 1 aromatic carbocycles. The van der Waals surface area contributed by atoms with Gasteiger partial charge < -0.3 is 16.2 Å². The normalized spacial score (nSPS) is 9.82. The van der Waals surface area contributed by atoms with E-state index in [9.17, 15) is 4.91 Å². The van der Waals surface area contributed by atoms with E-state index in [4.69, 9.17) is 21.7 Å². The third kappa shape index (κ3) is 3.58. The average Bonchev–Trinajstić information content (AvgIpc) is 2.51. The zero-order chi connectivity index (χ0) is 15.9. The molecule has 2 aromatic rings. The minimum atomic E-state index is -0.186. The fourth-order valence-electron chi connectivity index (χ4n) is 1.66. The highest BCUT2D eigenvalue weighted by atomic mass is 16.5. The number of hydrogen-bond donors (Lipinski definition) is 2. The van der Waals surface area contributed by atoms with E-state index in [1.54, 1.807) is 24.3 Å². The first-order chi connectivity index (χ1) is 10.6. The number of nitrogen functional groups attached to an aromatic ring is 2. The van der Waals surface area contributed by atoms with E-state index in [0.717, 1.165) is 11.1 Å². The second-order valence-corrected chi connectivity index (χ2v) is 4.21. The second-order valence-electron chi connectivity index (χ2n) is 4.21. The third-order valence-electron chi connectivity index (χ3n) is 2.70. The third-order valence-corrected chi connectivity index (χ3v) is 2.70.